The summed E-state index contributed by atoms with van der Waals surface area (Å²) in [6, 6.07) is 14.9. The van der Waals surface area contributed by atoms with Gasteiger partial charge in [0.05, 0.1) is 12.1 Å². The van der Waals surface area contributed by atoms with Crippen LogP contribution in [0.1, 0.15) is 5.56 Å². The Kier molecular flexibility index (Phi) is 5.06. The highest BCUT2D eigenvalue weighted by molar-refractivity contribution is 6.30. The van der Waals surface area contributed by atoms with Crippen LogP contribution >= 0.6 is 11.6 Å². The average Bonchev–Trinajstić information content (AvgIpc) is 2.60. The number of hydrogen-bond acceptors (Lipinski definition) is 3. The number of carbonyl (C=O) groups excluding carboxylic acids is 1. The SMILES string of the molecule is CN(CCOc1cccc(Cl)c1)C(=O)C1=Cc2ccccc2OC1. The molecule has 0 radical (unpaired) electrons. The van der Waals surface area contributed by atoms with Crippen LogP contribution < -0.4 is 9.47 Å². The van der Waals surface area contributed by atoms with Crippen molar-refractivity contribution in [1.82, 2.24) is 4.90 Å². The summed E-state index contributed by atoms with van der Waals surface area (Å²) in [7, 11) is 1.75. The summed E-state index contributed by atoms with van der Waals surface area (Å²) in [4.78, 5) is 14.1. The second-order valence-corrected chi connectivity index (χ2v) is 5.97. The number of hydrogen-bond donors (Lipinski definition) is 0. The minimum Gasteiger partial charge on any atom is -0.492 e. The van der Waals surface area contributed by atoms with Gasteiger partial charge in [-0.15, -0.1) is 0 Å². The monoisotopic (exact) mass is 343 g/mol. The van der Waals surface area contributed by atoms with E-state index < -0.39 is 0 Å². The van der Waals surface area contributed by atoms with E-state index in [4.69, 9.17) is 21.1 Å². The molecule has 2 aromatic rings. The molecule has 0 saturated heterocycles. The van der Waals surface area contributed by atoms with Crippen molar-refractivity contribution in [3.8, 4) is 11.5 Å². The number of benzene rings is 2. The minimum absolute atomic E-state index is 0.0563. The molecule has 124 valence electrons. The van der Waals surface area contributed by atoms with Gasteiger partial charge in [0.1, 0.15) is 24.7 Å². The lowest BCUT2D eigenvalue weighted by atomic mass is 10.1. The summed E-state index contributed by atoms with van der Waals surface area (Å²) in [6.07, 6.45) is 1.88. The first kappa shape index (κ1) is 16.4. The highest BCUT2D eigenvalue weighted by atomic mass is 35.5. The number of para-hydroxylation sites is 1. The summed E-state index contributed by atoms with van der Waals surface area (Å²) in [6.45, 7) is 1.16. The van der Waals surface area contributed by atoms with Crippen molar-refractivity contribution in [2.24, 2.45) is 0 Å². The Morgan fingerprint density at radius 3 is 2.92 bits per heavy atom. The molecule has 1 aliphatic rings. The van der Waals surface area contributed by atoms with Crippen LogP contribution in [-0.4, -0.2) is 37.6 Å². The minimum atomic E-state index is -0.0563. The van der Waals surface area contributed by atoms with E-state index in [-0.39, 0.29) is 12.5 Å². The van der Waals surface area contributed by atoms with Crippen LogP contribution in [0.5, 0.6) is 11.5 Å². The first-order valence-corrected chi connectivity index (χ1v) is 8.07. The maximum Gasteiger partial charge on any atom is 0.253 e. The highest BCUT2D eigenvalue weighted by Gasteiger charge is 2.19. The van der Waals surface area contributed by atoms with Crippen molar-refractivity contribution in [2.45, 2.75) is 0 Å². The first-order chi connectivity index (χ1) is 11.6. The molecule has 1 aliphatic heterocycles. The van der Waals surface area contributed by atoms with Crippen LogP contribution in [0.3, 0.4) is 0 Å². The van der Waals surface area contributed by atoms with Gasteiger partial charge in [-0.1, -0.05) is 35.9 Å². The zero-order valence-corrected chi connectivity index (χ0v) is 14.1. The van der Waals surface area contributed by atoms with E-state index >= 15 is 0 Å². The van der Waals surface area contributed by atoms with Crippen molar-refractivity contribution in [3.63, 3.8) is 0 Å². The van der Waals surface area contributed by atoms with E-state index in [1.807, 2.05) is 42.5 Å². The van der Waals surface area contributed by atoms with Crippen LogP contribution in [0.2, 0.25) is 5.02 Å². The molecule has 2 aromatic carbocycles. The van der Waals surface area contributed by atoms with E-state index in [0.29, 0.717) is 29.5 Å². The van der Waals surface area contributed by atoms with Gasteiger partial charge in [0.25, 0.3) is 5.91 Å². The molecule has 0 aliphatic carbocycles. The molecule has 4 nitrogen and oxygen atoms in total. The molecule has 0 N–H and O–H groups in total. The molecule has 0 spiro atoms. The van der Waals surface area contributed by atoms with Gasteiger partial charge in [0.2, 0.25) is 0 Å². The largest absolute Gasteiger partial charge is 0.492 e. The fourth-order valence-corrected chi connectivity index (χ4v) is 2.62. The number of likely N-dealkylation sites (N-methyl/N-ethyl adjacent to an activating group) is 1. The Hall–Kier alpha value is -2.46. The van der Waals surface area contributed by atoms with Crippen LogP contribution in [0.15, 0.2) is 54.1 Å². The Labute approximate surface area is 146 Å². The van der Waals surface area contributed by atoms with Crippen LogP contribution in [-0.2, 0) is 4.79 Å². The summed E-state index contributed by atoms with van der Waals surface area (Å²) >= 11 is 5.91. The van der Waals surface area contributed by atoms with Gasteiger partial charge >= 0.3 is 0 Å². The van der Waals surface area contributed by atoms with Gasteiger partial charge < -0.3 is 14.4 Å². The lowest BCUT2D eigenvalue weighted by Crippen LogP contribution is -2.34. The van der Waals surface area contributed by atoms with Gasteiger partial charge in [-0.05, 0) is 30.3 Å². The number of nitrogens with zero attached hydrogens (tertiary/aromatic N) is 1. The Morgan fingerprint density at radius 1 is 1.25 bits per heavy atom. The molecule has 0 fully saturated rings. The lowest BCUT2D eigenvalue weighted by molar-refractivity contribution is -0.126. The molecular weight excluding hydrogens is 326 g/mol. The smallest absolute Gasteiger partial charge is 0.253 e. The average molecular weight is 344 g/mol. The zero-order chi connectivity index (χ0) is 16.9. The molecule has 24 heavy (non-hydrogen) atoms. The normalized spacial score (nSPS) is 12.7. The molecule has 0 bridgehead atoms. The number of rotatable bonds is 5. The summed E-state index contributed by atoms with van der Waals surface area (Å²) in [5, 5.41) is 0.625. The maximum atomic E-state index is 12.5. The van der Waals surface area contributed by atoms with Gasteiger partial charge in [-0.3, -0.25) is 4.79 Å². The van der Waals surface area contributed by atoms with Gasteiger partial charge in [-0.25, -0.2) is 0 Å². The van der Waals surface area contributed by atoms with Crippen LogP contribution in [0.25, 0.3) is 6.08 Å². The van der Waals surface area contributed by atoms with E-state index in [2.05, 4.69) is 0 Å². The van der Waals surface area contributed by atoms with Gasteiger partial charge in [-0.2, -0.15) is 0 Å². The molecule has 0 unspecified atom stereocenters. The molecule has 0 saturated carbocycles. The number of fused-ring (bicyclic) bond motifs is 1. The second-order valence-electron chi connectivity index (χ2n) is 5.53. The maximum absolute atomic E-state index is 12.5. The summed E-state index contributed by atoms with van der Waals surface area (Å²) < 4.78 is 11.3. The molecule has 1 heterocycles. The molecule has 3 rings (SSSR count). The predicted molar refractivity (Wildman–Crippen MR) is 94.5 cm³/mol. The summed E-state index contributed by atoms with van der Waals surface area (Å²) in [5.41, 5.74) is 1.56. The molecule has 5 heteroatoms. The van der Waals surface area contributed by atoms with Crippen molar-refractivity contribution in [3.05, 3.63) is 64.7 Å². The first-order valence-electron chi connectivity index (χ1n) is 7.70. The zero-order valence-electron chi connectivity index (χ0n) is 13.4. The third kappa shape index (κ3) is 3.89. The van der Waals surface area contributed by atoms with E-state index in [0.717, 1.165) is 11.3 Å². The number of ether oxygens (including phenoxy) is 2. The topological polar surface area (TPSA) is 38.8 Å². The fourth-order valence-electron chi connectivity index (χ4n) is 2.44. The van der Waals surface area contributed by atoms with Crippen molar-refractivity contribution < 1.29 is 14.3 Å². The Bertz CT molecular complexity index is 773. The third-order valence-corrected chi connectivity index (χ3v) is 3.98. The fraction of sp³-hybridized carbons (Fsp3) is 0.211. The van der Waals surface area contributed by atoms with E-state index in [1.54, 1.807) is 24.1 Å². The van der Waals surface area contributed by atoms with Crippen LogP contribution in [0, 0.1) is 0 Å². The van der Waals surface area contributed by atoms with Crippen molar-refractivity contribution >= 4 is 23.6 Å². The number of amides is 1. The van der Waals surface area contributed by atoms with E-state index in [1.165, 1.54) is 0 Å². The molecule has 0 aromatic heterocycles. The summed E-state index contributed by atoms with van der Waals surface area (Å²) in [5.74, 6) is 1.44. The molecule has 1 amide bonds. The van der Waals surface area contributed by atoms with E-state index in [9.17, 15) is 4.79 Å². The second kappa shape index (κ2) is 7.41. The third-order valence-electron chi connectivity index (χ3n) is 3.74. The van der Waals surface area contributed by atoms with Gasteiger partial charge in [0, 0.05) is 17.6 Å². The van der Waals surface area contributed by atoms with Crippen molar-refractivity contribution in [1.29, 1.82) is 0 Å². The van der Waals surface area contributed by atoms with Crippen molar-refractivity contribution in [2.75, 3.05) is 26.8 Å². The van der Waals surface area contributed by atoms with Crippen LogP contribution in [0.4, 0.5) is 0 Å². The Morgan fingerprint density at radius 2 is 2.08 bits per heavy atom. The number of halogens is 1. The lowest BCUT2D eigenvalue weighted by Gasteiger charge is -2.22. The Balaban J connectivity index is 1.56. The quantitative estimate of drug-likeness (QED) is 0.831. The highest BCUT2D eigenvalue weighted by Crippen LogP contribution is 2.26. The predicted octanol–water partition coefficient (Wildman–Crippen LogP) is 3.65. The van der Waals surface area contributed by atoms with Gasteiger partial charge in [0.15, 0.2) is 0 Å². The standard InChI is InChI=1S/C19H18ClNO3/c1-21(9-10-23-17-7-4-6-16(20)12-17)19(22)15-11-14-5-2-3-8-18(14)24-13-15/h2-8,11-12H,9-10,13H2,1H3. The number of carbonyl (C=O) groups is 1. The molecular formula is C19H18ClNO3. The molecule has 0 atom stereocenters.